The highest BCUT2D eigenvalue weighted by Crippen LogP contribution is 2.46. The summed E-state index contributed by atoms with van der Waals surface area (Å²) in [6.07, 6.45) is 15.9. The first-order valence-electron chi connectivity index (χ1n) is 18.2. The van der Waals surface area contributed by atoms with Crippen LogP contribution in [-0.2, 0) is 0 Å². The molecule has 48 heavy (non-hydrogen) atoms. The van der Waals surface area contributed by atoms with Gasteiger partial charge in [0, 0.05) is 9.79 Å². The van der Waals surface area contributed by atoms with Gasteiger partial charge in [-0.3, -0.25) is 0 Å². The van der Waals surface area contributed by atoms with Gasteiger partial charge in [0.25, 0.3) is 0 Å². The molecule has 0 heterocycles. The van der Waals surface area contributed by atoms with Crippen LogP contribution in [0.15, 0.2) is 94.7 Å². The molecule has 0 aliphatic carbocycles. The van der Waals surface area contributed by atoms with Crippen LogP contribution in [-0.4, -0.2) is 25.7 Å². The van der Waals surface area contributed by atoms with Gasteiger partial charge >= 0.3 is 0 Å². The highest BCUT2D eigenvalue weighted by molar-refractivity contribution is 7.99. The molecule has 0 saturated carbocycles. The van der Waals surface area contributed by atoms with E-state index in [1.807, 2.05) is 23.5 Å². The van der Waals surface area contributed by atoms with E-state index in [1.54, 1.807) is 14.2 Å². The van der Waals surface area contributed by atoms with Crippen molar-refractivity contribution < 1.29 is 9.47 Å². The summed E-state index contributed by atoms with van der Waals surface area (Å²) in [5.41, 5.74) is 5.04. The van der Waals surface area contributed by atoms with Gasteiger partial charge in [-0.15, -0.1) is 23.5 Å². The molecule has 0 unspecified atom stereocenters. The van der Waals surface area contributed by atoms with E-state index < -0.39 is 0 Å². The van der Waals surface area contributed by atoms with Crippen molar-refractivity contribution in [2.24, 2.45) is 0 Å². The fourth-order valence-corrected chi connectivity index (χ4v) is 8.55. The monoisotopic (exact) mass is 678 g/mol. The first-order chi connectivity index (χ1) is 23.7. The van der Waals surface area contributed by atoms with Crippen LogP contribution in [0.3, 0.4) is 0 Å². The fraction of sp³-hybridized carbons (Fsp3) is 0.409. The lowest BCUT2D eigenvalue weighted by atomic mass is 9.86. The number of hydrogen-bond acceptors (Lipinski definition) is 4. The Balaban J connectivity index is 1.58. The molecule has 4 heteroatoms. The molecule has 0 fully saturated rings. The first-order valence-corrected chi connectivity index (χ1v) is 20.2. The number of rotatable bonds is 20. The van der Waals surface area contributed by atoms with E-state index in [9.17, 15) is 0 Å². The van der Waals surface area contributed by atoms with Crippen LogP contribution in [0.1, 0.15) is 90.9 Å². The van der Waals surface area contributed by atoms with E-state index in [1.165, 1.54) is 131 Å². The van der Waals surface area contributed by atoms with Crippen molar-refractivity contribution in [3.8, 4) is 33.8 Å². The summed E-state index contributed by atoms with van der Waals surface area (Å²) in [6.45, 7) is 4.57. The molecule has 5 aromatic carbocycles. The van der Waals surface area contributed by atoms with Crippen LogP contribution in [0.2, 0.25) is 0 Å². The van der Waals surface area contributed by atoms with Gasteiger partial charge in [0.15, 0.2) is 0 Å². The zero-order chi connectivity index (χ0) is 33.6. The minimum absolute atomic E-state index is 0.880. The average molecular weight is 679 g/mol. The van der Waals surface area contributed by atoms with Gasteiger partial charge in [-0.2, -0.15) is 0 Å². The van der Waals surface area contributed by atoms with Crippen molar-refractivity contribution in [2.45, 2.75) is 101 Å². The first kappa shape index (κ1) is 36.2. The lowest BCUT2D eigenvalue weighted by molar-refractivity contribution is 0.415. The van der Waals surface area contributed by atoms with E-state index in [0.717, 1.165) is 23.0 Å². The highest BCUT2D eigenvalue weighted by atomic mass is 32.2. The van der Waals surface area contributed by atoms with Gasteiger partial charge in [0.05, 0.1) is 14.2 Å². The molecular weight excluding hydrogens is 625 g/mol. The van der Waals surface area contributed by atoms with Crippen molar-refractivity contribution >= 4 is 45.1 Å². The lowest BCUT2D eigenvalue weighted by Gasteiger charge is -2.19. The molecule has 5 aromatic rings. The summed E-state index contributed by atoms with van der Waals surface area (Å²) in [4.78, 5) is 2.69. The predicted molar refractivity (Wildman–Crippen MR) is 214 cm³/mol. The van der Waals surface area contributed by atoms with Crippen LogP contribution in [0, 0.1) is 0 Å². The fourth-order valence-electron chi connectivity index (χ4n) is 6.65. The van der Waals surface area contributed by atoms with Gasteiger partial charge in [-0.05, 0) is 117 Å². The van der Waals surface area contributed by atoms with Crippen LogP contribution in [0.4, 0.5) is 0 Å². The Bertz CT molecular complexity index is 1580. The number of benzene rings is 5. The standard InChI is InChI=1S/C44H54O2S2/c1-5-7-9-11-13-15-29-47-37-25-27-39-41(31-37)43(33-17-21-35(45-3)22-18-33)40-28-26-38(48-30-16-14-12-10-8-6-2)32-42(40)44(39)34-19-23-36(46-4)24-20-34/h17-28,31-32H,5-16,29-30H2,1-4H3. The summed E-state index contributed by atoms with van der Waals surface area (Å²) >= 11 is 4.00. The van der Waals surface area contributed by atoms with Crippen molar-refractivity contribution in [1.29, 1.82) is 0 Å². The number of methoxy groups -OCH3 is 2. The lowest BCUT2D eigenvalue weighted by Crippen LogP contribution is -1.93. The van der Waals surface area contributed by atoms with E-state index >= 15 is 0 Å². The Morgan fingerprint density at radius 2 is 0.792 bits per heavy atom. The molecule has 0 spiro atoms. The van der Waals surface area contributed by atoms with Gasteiger partial charge in [-0.25, -0.2) is 0 Å². The van der Waals surface area contributed by atoms with Crippen LogP contribution < -0.4 is 9.47 Å². The molecule has 0 radical (unpaired) electrons. The van der Waals surface area contributed by atoms with Crippen molar-refractivity contribution in [3.05, 3.63) is 84.9 Å². The number of thioether (sulfide) groups is 2. The van der Waals surface area contributed by atoms with Crippen molar-refractivity contribution in [3.63, 3.8) is 0 Å². The van der Waals surface area contributed by atoms with Crippen molar-refractivity contribution in [1.82, 2.24) is 0 Å². The third kappa shape index (κ3) is 9.54. The Kier molecular flexibility index (Phi) is 14.5. The van der Waals surface area contributed by atoms with Gasteiger partial charge < -0.3 is 9.47 Å². The Labute approximate surface area is 298 Å². The smallest absolute Gasteiger partial charge is 0.118 e. The summed E-state index contributed by atoms with van der Waals surface area (Å²) < 4.78 is 11.1. The van der Waals surface area contributed by atoms with Gasteiger partial charge in [0.1, 0.15) is 11.5 Å². The summed E-state index contributed by atoms with van der Waals surface area (Å²) in [6, 6.07) is 31.6. The molecule has 0 aromatic heterocycles. The maximum atomic E-state index is 5.55. The van der Waals surface area contributed by atoms with Crippen LogP contribution in [0.25, 0.3) is 43.8 Å². The number of fused-ring (bicyclic) bond motifs is 2. The van der Waals surface area contributed by atoms with Gasteiger partial charge in [-0.1, -0.05) is 114 Å². The van der Waals surface area contributed by atoms with E-state index in [0.29, 0.717) is 0 Å². The third-order valence-electron chi connectivity index (χ3n) is 9.35. The maximum Gasteiger partial charge on any atom is 0.118 e. The Morgan fingerprint density at radius 1 is 0.417 bits per heavy atom. The van der Waals surface area contributed by atoms with Crippen LogP contribution in [0.5, 0.6) is 11.5 Å². The second kappa shape index (κ2) is 19.2. The summed E-state index contributed by atoms with van der Waals surface area (Å²) in [5, 5.41) is 5.19. The summed E-state index contributed by atoms with van der Waals surface area (Å²) in [5.74, 6) is 4.08. The van der Waals surface area contributed by atoms with Crippen molar-refractivity contribution in [2.75, 3.05) is 25.7 Å². The molecule has 254 valence electrons. The SMILES string of the molecule is CCCCCCCCSc1ccc2c(-c3ccc(OC)cc3)c3cc(SCCCCCCCC)ccc3c(-c3ccc(OC)cc3)c2c1. The number of hydrogen-bond donors (Lipinski definition) is 0. The molecule has 0 bridgehead atoms. The predicted octanol–water partition coefficient (Wildman–Crippen LogP) is 14.2. The minimum Gasteiger partial charge on any atom is -0.497 e. The number of ether oxygens (including phenoxy) is 2. The van der Waals surface area contributed by atoms with Gasteiger partial charge in [0.2, 0.25) is 0 Å². The topological polar surface area (TPSA) is 18.5 Å². The maximum absolute atomic E-state index is 5.55. The average Bonchev–Trinajstić information content (AvgIpc) is 3.13. The molecule has 0 amide bonds. The second-order valence-corrected chi connectivity index (χ2v) is 15.2. The highest BCUT2D eigenvalue weighted by Gasteiger charge is 2.18. The molecular formula is C44H54O2S2. The zero-order valence-electron chi connectivity index (χ0n) is 29.6. The number of unbranched alkanes of at least 4 members (excludes halogenated alkanes) is 10. The molecule has 5 rings (SSSR count). The molecule has 2 nitrogen and oxygen atoms in total. The van der Waals surface area contributed by atoms with E-state index in [-0.39, 0.29) is 0 Å². The minimum atomic E-state index is 0.880. The second-order valence-electron chi connectivity index (χ2n) is 12.9. The van der Waals surface area contributed by atoms with E-state index in [2.05, 4.69) is 98.8 Å². The zero-order valence-corrected chi connectivity index (χ0v) is 31.2. The Hall–Kier alpha value is -3.08. The molecule has 0 aliphatic heterocycles. The van der Waals surface area contributed by atoms with Crippen LogP contribution >= 0.6 is 23.5 Å². The largest absolute Gasteiger partial charge is 0.497 e. The quantitative estimate of drug-likeness (QED) is 0.0463. The summed E-state index contributed by atoms with van der Waals surface area (Å²) in [7, 11) is 3.47. The third-order valence-corrected chi connectivity index (χ3v) is 11.5. The molecule has 0 saturated heterocycles. The normalized spacial score (nSPS) is 11.4. The Morgan fingerprint density at radius 3 is 1.17 bits per heavy atom. The van der Waals surface area contributed by atoms with E-state index in [4.69, 9.17) is 9.47 Å². The molecule has 0 aliphatic rings. The molecule has 0 N–H and O–H groups in total. The molecule has 0 atom stereocenters.